The fourth-order valence-electron chi connectivity index (χ4n) is 2.57. The summed E-state index contributed by atoms with van der Waals surface area (Å²) in [5.41, 5.74) is 1.68. The fourth-order valence-corrected chi connectivity index (χ4v) is 3.45. The zero-order chi connectivity index (χ0) is 19.4. The van der Waals surface area contributed by atoms with Gasteiger partial charge in [-0.25, -0.2) is 0 Å². The number of benzene rings is 2. The van der Waals surface area contributed by atoms with E-state index in [1.165, 1.54) is 23.9 Å². The predicted octanol–water partition coefficient (Wildman–Crippen LogP) is 3.70. The Labute approximate surface area is 160 Å². The number of nitrogens with zero attached hydrogens (tertiary/aromatic N) is 4. The highest BCUT2D eigenvalue weighted by atomic mass is 32.2. The number of non-ortho nitro benzene ring substituents is 1. The number of nitro groups is 1. The van der Waals surface area contributed by atoms with Crippen LogP contribution in [-0.4, -0.2) is 33.9 Å². The van der Waals surface area contributed by atoms with E-state index in [1.807, 2.05) is 35.9 Å². The molecule has 0 fully saturated rings. The summed E-state index contributed by atoms with van der Waals surface area (Å²) in [7, 11) is 5.04. The van der Waals surface area contributed by atoms with Gasteiger partial charge in [0.2, 0.25) is 0 Å². The minimum atomic E-state index is -0.419. The Hall–Kier alpha value is -3.07. The van der Waals surface area contributed by atoms with Crippen LogP contribution in [0.4, 0.5) is 5.69 Å². The Morgan fingerprint density at radius 3 is 2.48 bits per heavy atom. The average Bonchev–Trinajstić information content (AvgIpc) is 3.06. The summed E-state index contributed by atoms with van der Waals surface area (Å²) >= 11 is 1.44. The normalized spacial score (nSPS) is 10.6. The van der Waals surface area contributed by atoms with Crippen LogP contribution in [0.15, 0.2) is 47.6 Å². The Bertz CT molecular complexity index is 956. The molecule has 0 unspecified atom stereocenters. The van der Waals surface area contributed by atoms with Gasteiger partial charge in [-0.15, -0.1) is 10.2 Å². The topological polar surface area (TPSA) is 92.3 Å². The maximum atomic E-state index is 11.0. The second-order valence-corrected chi connectivity index (χ2v) is 6.58. The molecule has 1 heterocycles. The van der Waals surface area contributed by atoms with Gasteiger partial charge in [-0.2, -0.15) is 0 Å². The predicted molar refractivity (Wildman–Crippen MR) is 102 cm³/mol. The third kappa shape index (κ3) is 4.03. The van der Waals surface area contributed by atoms with Gasteiger partial charge < -0.3 is 14.0 Å². The number of nitro benzene ring substituents is 1. The van der Waals surface area contributed by atoms with Crippen molar-refractivity contribution in [3.63, 3.8) is 0 Å². The number of methoxy groups -OCH3 is 2. The van der Waals surface area contributed by atoms with Crippen molar-refractivity contribution in [2.45, 2.75) is 10.9 Å². The maximum absolute atomic E-state index is 11.0. The van der Waals surface area contributed by atoms with E-state index in [2.05, 4.69) is 10.2 Å². The molecule has 3 rings (SSSR count). The number of hydrogen-bond acceptors (Lipinski definition) is 7. The summed E-state index contributed by atoms with van der Waals surface area (Å²) in [6.45, 7) is 0. The van der Waals surface area contributed by atoms with Gasteiger partial charge in [0.15, 0.2) is 11.0 Å². The van der Waals surface area contributed by atoms with Gasteiger partial charge in [0, 0.05) is 36.1 Å². The molecule has 0 radical (unpaired) electrons. The molecule has 9 heteroatoms. The van der Waals surface area contributed by atoms with Crippen LogP contribution in [0.2, 0.25) is 0 Å². The van der Waals surface area contributed by atoms with Crippen molar-refractivity contribution in [3.8, 4) is 22.9 Å². The van der Waals surface area contributed by atoms with Gasteiger partial charge in [-0.05, 0) is 30.3 Å². The lowest BCUT2D eigenvalue weighted by Crippen LogP contribution is -1.97. The van der Waals surface area contributed by atoms with E-state index < -0.39 is 4.92 Å². The lowest BCUT2D eigenvalue weighted by atomic mass is 10.2. The van der Waals surface area contributed by atoms with Gasteiger partial charge in [-0.3, -0.25) is 10.1 Å². The Balaban J connectivity index is 1.80. The van der Waals surface area contributed by atoms with Crippen molar-refractivity contribution in [1.29, 1.82) is 0 Å². The molecule has 0 aliphatic heterocycles. The van der Waals surface area contributed by atoms with Crippen LogP contribution in [0.1, 0.15) is 5.56 Å². The summed E-state index contributed by atoms with van der Waals surface area (Å²) < 4.78 is 12.4. The van der Waals surface area contributed by atoms with E-state index in [0.717, 1.165) is 22.7 Å². The second kappa shape index (κ2) is 8.09. The summed E-state index contributed by atoms with van der Waals surface area (Å²) in [5.74, 6) is 2.57. The Morgan fingerprint density at radius 1 is 1.11 bits per heavy atom. The van der Waals surface area contributed by atoms with Crippen LogP contribution in [0.5, 0.6) is 11.5 Å². The largest absolute Gasteiger partial charge is 0.497 e. The van der Waals surface area contributed by atoms with Crippen molar-refractivity contribution in [2.24, 2.45) is 7.05 Å². The van der Waals surface area contributed by atoms with E-state index in [1.54, 1.807) is 20.3 Å². The van der Waals surface area contributed by atoms with Gasteiger partial charge in [0.1, 0.15) is 11.5 Å². The standard InChI is InChI=1S/C18H18N4O4S/c1-21-17(12-4-7-15(25-2)8-5-12)19-20-18(21)27-11-13-10-14(22(23)24)6-9-16(13)26-3/h4-10H,11H2,1-3H3. The first kappa shape index (κ1) is 18.7. The molecular formula is C18H18N4O4S. The van der Waals surface area contributed by atoms with Crippen LogP contribution in [0.25, 0.3) is 11.4 Å². The molecule has 0 amide bonds. The summed E-state index contributed by atoms with van der Waals surface area (Å²) in [6.07, 6.45) is 0. The Kier molecular flexibility index (Phi) is 5.60. The SMILES string of the molecule is COc1ccc(-c2nnc(SCc3cc([N+](=O)[O-])ccc3OC)n2C)cc1. The lowest BCUT2D eigenvalue weighted by Gasteiger charge is -2.08. The minimum absolute atomic E-state index is 0.0308. The molecule has 0 aliphatic carbocycles. The zero-order valence-electron chi connectivity index (χ0n) is 15.1. The summed E-state index contributed by atoms with van der Waals surface area (Å²) in [4.78, 5) is 10.6. The van der Waals surface area contributed by atoms with Crippen molar-refractivity contribution in [3.05, 3.63) is 58.1 Å². The summed E-state index contributed by atoms with van der Waals surface area (Å²) in [6, 6.07) is 12.1. The summed E-state index contributed by atoms with van der Waals surface area (Å²) in [5, 5.41) is 20.2. The van der Waals surface area contributed by atoms with Crippen molar-refractivity contribution >= 4 is 17.4 Å². The Morgan fingerprint density at radius 2 is 1.85 bits per heavy atom. The number of aromatic nitrogens is 3. The van der Waals surface area contributed by atoms with Crippen LogP contribution >= 0.6 is 11.8 Å². The first-order chi connectivity index (χ1) is 13.0. The smallest absolute Gasteiger partial charge is 0.270 e. The molecule has 3 aromatic rings. The second-order valence-electron chi connectivity index (χ2n) is 5.64. The van der Waals surface area contributed by atoms with Crippen molar-refractivity contribution < 1.29 is 14.4 Å². The number of hydrogen-bond donors (Lipinski definition) is 0. The molecule has 0 bridgehead atoms. The highest BCUT2D eigenvalue weighted by Gasteiger charge is 2.15. The number of thioether (sulfide) groups is 1. The van der Waals surface area contributed by atoms with E-state index in [-0.39, 0.29) is 5.69 Å². The number of rotatable bonds is 7. The molecular weight excluding hydrogens is 368 g/mol. The molecule has 0 aliphatic rings. The third-order valence-electron chi connectivity index (χ3n) is 4.01. The van der Waals surface area contributed by atoms with E-state index in [9.17, 15) is 10.1 Å². The molecule has 0 saturated heterocycles. The quantitative estimate of drug-likeness (QED) is 0.347. The molecule has 0 N–H and O–H groups in total. The molecule has 0 atom stereocenters. The molecule has 8 nitrogen and oxygen atoms in total. The molecule has 27 heavy (non-hydrogen) atoms. The highest BCUT2D eigenvalue weighted by Crippen LogP contribution is 2.31. The van der Waals surface area contributed by atoms with Crippen LogP contribution in [0.3, 0.4) is 0 Å². The molecule has 0 saturated carbocycles. The van der Waals surface area contributed by atoms with Crippen LogP contribution in [-0.2, 0) is 12.8 Å². The zero-order valence-corrected chi connectivity index (χ0v) is 15.9. The maximum Gasteiger partial charge on any atom is 0.270 e. The van der Waals surface area contributed by atoms with Gasteiger partial charge in [0.25, 0.3) is 5.69 Å². The average molecular weight is 386 g/mol. The highest BCUT2D eigenvalue weighted by molar-refractivity contribution is 7.98. The number of ether oxygens (including phenoxy) is 2. The molecule has 140 valence electrons. The van der Waals surface area contributed by atoms with Crippen molar-refractivity contribution in [1.82, 2.24) is 14.8 Å². The first-order valence-electron chi connectivity index (χ1n) is 8.01. The van der Waals surface area contributed by atoms with Crippen molar-refractivity contribution in [2.75, 3.05) is 14.2 Å². The molecule has 0 spiro atoms. The van der Waals surface area contributed by atoms with Crippen LogP contribution < -0.4 is 9.47 Å². The minimum Gasteiger partial charge on any atom is -0.497 e. The van der Waals surface area contributed by atoms with Gasteiger partial charge in [-0.1, -0.05) is 11.8 Å². The fraction of sp³-hybridized carbons (Fsp3) is 0.222. The monoisotopic (exact) mass is 386 g/mol. The lowest BCUT2D eigenvalue weighted by molar-refractivity contribution is -0.384. The molecule has 2 aromatic carbocycles. The van der Waals surface area contributed by atoms with Gasteiger partial charge in [0.05, 0.1) is 19.1 Å². The van der Waals surface area contributed by atoms with Crippen LogP contribution in [0, 0.1) is 10.1 Å². The molecule has 1 aromatic heterocycles. The first-order valence-corrected chi connectivity index (χ1v) is 9.00. The van der Waals surface area contributed by atoms with Gasteiger partial charge >= 0.3 is 0 Å². The van der Waals surface area contributed by atoms with E-state index in [4.69, 9.17) is 9.47 Å². The van der Waals surface area contributed by atoms with E-state index >= 15 is 0 Å². The third-order valence-corrected chi connectivity index (χ3v) is 5.08. The van der Waals surface area contributed by atoms with E-state index in [0.29, 0.717) is 16.7 Å².